The molecule has 0 fully saturated rings. The van der Waals surface area contributed by atoms with Crippen molar-refractivity contribution in [3.63, 3.8) is 0 Å². The van der Waals surface area contributed by atoms with Crippen molar-refractivity contribution in [1.29, 1.82) is 0 Å². The molecule has 0 aliphatic carbocycles. The number of aromatic nitrogens is 2. The molecule has 0 radical (unpaired) electrons. The molecule has 1 atom stereocenters. The maximum atomic E-state index is 12.2. The quantitative estimate of drug-likeness (QED) is 0.745. The summed E-state index contributed by atoms with van der Waals surface area (Å²) >= 11 is 3.35. The highest BCUT2D eigenvalue weighted by Gasteiger charge is 2.13. The number of carbonyl (C=O) groups excluding carboxylic acids is 1. The molecule has 0 bridgehead atoms. The molecule has 1 unspecified atom stereocenters. The third-order valence-corrected chi connectivity index (χ3v) is 4.08. The first-order valence-electron chi connectivity index (χ1n) is 7.70. The third-order valence-electron chi connectivity index (χ3n) is 3.67. The summed E-state index contributed by atoms with van der Waals surface area (Å²) in [5.41, 5.74) is 1.08. The van der Waals surface area contributed by atoms with Crippen LogP contribution in [-0.4, -0.2) is 36.5 Å². The Kier molecular flexibility index (Phi) is 6.66. The lowest BCUT2D eigenvalue weighted by molar-refractivity contribution is -0.124. The highest BCUT2D eigenvalue weighted by Crippen LogP contribution is 2.27. The van der Waals surface area contributed by atoms with Gasteiger partial charge in [0.15, 0.2) is 11.5 Å². The van der Waals surface area contributed by atoms with E-state index in [9.17, 15) is 4.79 Å². The number of methoxy groups -OCH3 is 2. The number of rotatable bonds is 8. The molecule has 7 heteroatoms. The topological polar surface area (TPSA) is 65.4 Å². The Morgan fingerprint density at radius 1 is 1.33 bits per heavy atom. The second-order valence-corrected chi connectivity index (χ2v) is 6.43. The fourth-order valence-electron chi connectivity index (χ4n) is 2.34. The first-order valence-corrected chi connectivity index (χ1v) is 8.49. The van der Waals surface area contributed by atoms with Crippen LogP contribution in [0.1, 0.15) is 12.5 Å². The lowest BCUT2D eigenvalue weighted by Gasteiger charge is -2.13. The summed E-state index contributed by atoms with van der Waals surface area (Å²) in [7, 11) is 3.22. The van der Waals surface area contributed by atoms with Crippen molar-refractivity contribution in [2.75, 3.05) is 20.8 Å². The lowest BCUT2D eigenvalue weighted by Crippen LogP contribution is -2.33. The first-order chi connectivity index (χ1) is 11.5. The molecule has 0 spiro atoms. The van der Waals surface area contributed by atoms with Gasteiger partial charge in [-0.3, -0.25) is 9.48 Å². The van der Waals surface area contributed by atoms with Crippen LogP contribution in [0.25, 0.3) is 0 Å². The summed E-state index contributed by atoms with van der Waals surface area (Å²) in [5.74, 6) is 1.26. The third kappa shape index (κ3) is 4.99. The Morgan fingerprint density at radius 2 is 2.08 bits per heavy atom. The van der Waals surface area contributed by atoms with E-state index in [-0.39, 0.29) is 11.8 Å². The predicted molar refractivity (Wildman–Crippen MR) is 95.4 cm³/mol. The molecule has 0 saturated carbocycles. The van der Waals surface area contributed by atoms with Crippen LogP contribution < -0.4 is 14.8 Å². The molecule has 2 aromatic rings. The van der Waals surface area contributed by atoms with E-state index in [1.165, 1.54) is 0 Å². The van der Waals surface area contributed by atoms with Crippen LogP contribution in [0.4, 0.5) is 0 Å². The fourth-order valence-corrected chi connectivity index (χ4v) is 2.67. The average molecular weight is 396 g/mol. The number of carbonyl (C=O) groups is 1. The molecule has 130 valence electrons. The summed E-state index contributed by atoms with van der Waals surface area (Å²) in [5, 5.41) is 7.13. The summed E-state index contributed by atoms with van der Waals surface area (Å²) in [4.78, 5) is 12.2. The maximum Gasteiger partial charge on any atom is 0.224 e. The van der Waals surface area contributed by atoms with Crippen molar-refractivity contribution in [3.8, 4) is 11.5 Å². The van der Waals surface area contributed by atoms with Crippen LogP contribution in [0.15, 0.2) is 35.1 Å². The normalized spacial score (nSPS) is 11.8. The van der Waals surface area contributed by atoms with E-state index >= 15 is 0 Å². The van der Waals surface area contributed by atoms with Crippen molar-refractivity contribution in [2.45, 2.75) is 19.9 Å². The van der Waals surface area contributed by atoms with Gasteiger partial charge in [0, 0.05) is 12.7 Å². The zero-order valence-electron chi connectivity index (χ0n) is 14.1. The van der Waals surface area contributed by atoms with Crippen LogP contribution in [-0.2, 0) is 17.8 Å². The molecule has 0 saturated heterocycles. The number of ether oxygens (including phenoxy) is 2. The van der Waals surface area contributed by atoms with Crippen molar-refractivity contribution < 1.29 is 14.3 Å². The minimum Gasteiger partial charge on any atom is -0.493 e. The average Bonchev–Trinajstić information content (AvgIpc) is 2.99. The number of hydrogen-bond acceptors (Lipinski definition) is 4. The smallest absolute Gasteiger partial charge is 0.224 e. The molecule has 1 amide bonds. The predicted octanol–water partition coefficient (Wildman–Crippen LogP) is 2.66. The summed E-state index contributed by atoms with van der Waals surface area (Å²) < 4.78 is 13.2. The highest BCUT2D eigenvalue weighted by atomic mass is 79.9. The number of nitrogens with zero attached hydrogens (tertiary/aromatic N) is 2. The van der Waals surface area contributed by atoms with Crippen LogP contribution in [0.2, 0.25) is 0 Å². The highest BCUT2D eigenvalue weighted by molar-refractivity contribution is 9.10. The zero-order chi connectivity index (χ0) is 17.5. The summed E-state index contributed by atoms with van der Waals surface area (Å²) in [6, 6.07) is 5.77. The largest absolute Gasteiger partial charge is 0.493 e. The van der Waals surface area contributed by atoms with Gasteiger partial charge in [-0.25, -0.2) is 0 Å². The Hall–Kier alpha value is -2.02. The van der Waals surface area contributed by atoms with E-state index in [1.807, 2.05) is 31.3 Å². The van der Waals surface area contributed by atoms with E-state index < -0.39 is 0 Å². The number of nitrogens with one attached hydrogen (secondary N) is 1. The first kappa shape index (κ1) is 18.3. The molecule has 0 aliphatic rings. The van der Waals surface area contributed by atoms with Gasteiger partial charge in [0.1, 0.15) is 0 Å². The van der Waals surface area contributed by atoms with E-state index in [0.717, 1.165) is 16.5 Å². The molecular formula is C17H22BrN3O3. The number of benzene rings is 1. The molecular weight excluding hydrogens is 374 g/mol. The van der Waals surface area contributed by atoms with Crippen LogP contribution in [0.3, 0.4) is 0 Å². The van der Waals surface area contributed by atoms with Gasteiger partial charge in [-0.05, 0) is 40.0 Å². The molecule has 1 heterocycles. The molecule has 1 aromatic carbocycles. The van der Waals surface area contributed by atoms with Gasteiger partial charge in [0.25, 0.3) is 0 Å². The Labute approximate surface area is 150 Å². The van der Waals surface area contributed by atoms with Crippen molar-refractivity contribution in [1.82, 2.24) is 15.1 Å². The maximum absolute atomic E-state index is 12.2. The zero-order valence-corrected chi connectivity index (χ0v) is 15.7. The minimum absolute atomic E-state index is 0.0158. The van der Waals surface area contributed by atoms with E-state index in [1.54, 1.807) is 25.1 Å². The number of amides is 1. The van der Waals surface area contributed by atoms with Gasteiger partial charge < -0.3 is 14.8 Å². The lowest BCUT2D eigenvalue weighted by atomic mass is 10.1. The van der Waals surface area contributed by atoms with Gasteiger partial charge in [0.2, 0.25) is 5.91 Å². The van der Waals surface area contributed by atoms with Gasteiger partial charge in [-0.15, -0.1) is 0 Å². The monoisotopic (exact) mass is 395 g/mol. The summed E-state index contributed by atoms with van der Waals surface area (Å²) in [6.07, 6.45) is 4.29. The van der Waals surface area contributed by atoms with Gasteiger partial charge in [-0.2, -0.15) is 5.10 Å². The van der Waals surface area contributed by atoms with Crippen LogP contribution in [0.5, 0.6) is 11.5 Å². The van der Waals surface area contributed by atoms with Crippen molar-refractivity contribution in [2.24, 2.45) is 5.92 Å². The Balaban J connectivity index is 1.81. The second-order valence-electron chi connectivity index (χ2n) is 5.51. The minimum atomic E-state index is -0.151. The van der Waals surface area contributed by atoms with E-state index in [4.69, 9.17) is 9.47 Å². The van der Waals surface area contributed by atoms with Crippen LogP contribution in [0, 0.1) is 5.92 Å². The molecule has 6 nitrogen and oxygen atoms in total. The number of hydrogen-bond donors (Lipinski definition) is 1. The molecule has 1 N–H and O–H groups in total. The number of halogens is 1. The Morgan fingerprint density at radius 3 is 2.71 bits per heavy atom. The standard InChI is InChI=1S/C17H22BrN3O3/c1-12(10-21-11-14(18)9-20-21)17(22)19-7-6-13-4-5-15(23-2)16(8-13)24-3/h4-5,8-9,11-12H,6-7,10H2,1-3H3,(H,19,22). The molecule has 0 aliphatic heterocycles. The molecule has 24 heavy (non-hydrogen) atoms. The van der Waals surface area contributed by atoms with Crippen molar-refractivity contribution >= 4 is 21.8 Å². The van der Waals surface area contributed by atoms with Gasteiger partial charge >= 0.3 is 0 Å². The Bertz CT molecular complexity index is 687. The van der Waals surface area contributed by atoms with E-state index in [0.29, 0.717) is 24.6 Å². The summed E-state index contributed by atoms with van der Waals surface area (Å²) in [6.45, 7) is 3.01. The fraction of sp³-hybridized carbons (Fsp3) is 0.412. The molecule has 1 aromatic heterocycles. The van der Waals surface area contributed by atoms with Gasteiger partial charge in [-0.1, -0.05) is 13.0 Å². The van der Waals surface area contributed by atoms with Gasteiger partial charge in [0.05, 0.1) is 37.4 Å². The van der Waals surface area contributed by atoms with E-state index in [2.05, 4.69) is 26.3 Å². The van der Waals surface area contributed by atoms with Crippen molar-refractivity contribution in [3.05, 3.63) is 40.6 Å². The van der Waals surface area contributed by atoms with Crippen LogP contribution >= 0.6 is 15.9 Å². The SMILES string of the molecule is COc1ccc(CCNC(=O)C(C)Cn2cc(Br)cn2)cc1OC. The molecule has 2 rings (SSSR count). The second kappa shape index (κ2) is 8.73.